The molecule has 1 amide bonds. The van der Waals surface area contributed by atoms with Crippen molar-refractivity contribution in [3.8, 4) is 0 Å². The second kappa shape index (κ2) is 6.07. The van der Waals surface area contributed by atoms with E-state index >= 15 is 0 Å². The molecule has 0 aromatic heterocycles. The maximum atomic E-state index is 12.4. The third-order valence-corrected chi connectivity index (χ3v) is 3.62. The predicted molar refractivity (Wildman–Crippen MR) is 85.8 cm³/mol. The van der Waals surface area contributed by atoms with Crippen LogP contribution in [0.25, 0.3) is 0 Å². The molecule has 0 radical (unpaired) electrons. The maximum Gasteiger partial charge on any atom is 0.257 e. The Morgan fingerprint density at radius 2 is 1.90 bits per heavy atom. The van der Waals surface area contributed by atoms with Crippen LogP contribution in [0.15, 0.2) is 40.9 Å². The predicted octanol–water partition coefficient (Wildman–Crippen LogP) is 3.60. The van der Waals surface area contributed by atoms with Crippen LogP contribution in [0, 0.1) is 13.8 Å². The molecule has 2 aromatic carbocycles. The Bertz CT molecular complexity index is 632. The number of rotatable bonds is 3. The van der Waals surface area contributed by atoms with E-state index in [1.54, 1.807) is 18.2 Å². The van der Waals surface area contributed by atoms with Crippen LogP contribution in [0.3, 0.4) is 0 Å². The van der Waals surface area contributed by atoms with Crippen molar-refractivity contribution in [3.05, 3.63) is 57.6 Å². The summed E-state index contributed by atoms with van der Waals surface area (Å²) >= 11 is 3.48. The van der Waals surface area contributed by atoms with E-state index in [0.717, 1.165) is 21.3 Å². The number of benzene rings is 2. The zero-order valence-corrected chi connectivity index (χ0v) is 12.9. The largest absolute Gasteiger partial charge is 0.323 e. The van der Waals surface area contributed by atoms with Gasteiger partial charge in [-0.05, 0) is 59.1 Å². The number of amides is 1. The van der Waals surface area contributed by atoms with Gasteiger partial charge in [0.05, 0.1) is 16.9 Å². The molecule has 0 fully saturated rings. The Balaban J connectivity index is 2.33. The Morgan fingerprint density at radius 1 is 1.20 bits per heavy atom. The monoisotopic (exact) mass is 333 g/mol. The summed E-state index contributed by atoms with van der Waals surface area (Å²) < 4.78 is 0.863. The van der Waals surface area contributed by atoms with Crippen LogP contribution in [0.1, 0.15) is 21.5 Å². The molecule has 0 aliphatic rings. The highest BCUT2D eigenvalue weighted by Gasteiger charge is 2.13. The molecule has 104 valence electrons. The number of nitrogen functional groups attached to an aromatic ring is 1. The number of hydrazine groups is 1. The molecule has 2 aromatic rings. The molecule has 4 N–H and O–H groups in total. The topological polar surface area (TPSA) is 67.2 Å². The van der Waals surface area contributed by atoms with Crippen LogP contribution < -0.4 is 16.6 Å². The van der Waals surface area contributed by atoms with Gasteiger partial charge in [0.2, 0.25) is 0 Å². The Hall–Kier alpha value is -1.85. The zero-order valence-electron chi connectivity index (χ0n) is 11.3. The van der Waals surface area contributed by atoms with Gasteiger partial charge in [0.1, 0.15) is 0 Å². The van der Waals surface area contributed by atoms with Gasteiger partial charge >= 0.3 is 0 Å². The number of aryl methyl sites for hydroxylation is 2. The van der Waals surface area contributed by atoms with Gasteiger partial charge in [-0.3, -0.25) is 10.6 Å². The standard InChI is InChI=1S/C15H16BrN3O/c1-9-7-10(2)14(12(16)8-9)18-15(20)11-5-3-4-6-13(11)19-17/h3-8,19H,17H2,1-2H3,(H,18,20). The average molecular weight is 334 g/mol. The number of para-hydroxylation sites is 1. The summed E-state index contributed by atoms with van der Waals surface area (Å²) in [7, 11) is 0. The smallest absolute Gasteiger partial charge is 0.257 e. The quantitative estimate of drug-likeness (QED) is 0.593. The number of nitrogens with two attached hydrogens (primary N) is 1. The van der Waals surface area contributed by atoms with Gasteiger partial charge in [0, 0.05) is 4.47 Å². The van der Waals surface area contributed by atoms with Gasteiger partial charge in [0.15, 0.2) is 0 Å². The minimum absolute atomic E-state index is 0.203. The highest BCUT2D eigenvalue weighted by atomic mass is 79.9. The van der Waals surface area contributed by atoms with Crippen molar-refractivity contribution in [2.75, 3.05) is 10.7 Å². The highest BCUT2D eigenvalue weighted by Crippen LogP contribution is 2.28. The van der Waals surface area contributed by atoms with Crippen molar-refractivity contribution in [2.24, 2.45) is 5.84 Å². The van der Waals surface area contributed by atoms with Crippen LogP contribution >= 0.6 is 15.9 Å². The van der Waals surface area contributed by atoms with E-state index in [2.05, 4.69) is 26.7 Å². The Kier molecular flexibility index (Phi) is 4.42. The lowest BCUT2D eigenvalue weighted by molar-refractivity contribution is 0.102. The first-order valence-corrected chi connectivity index (χ1v) is 6.96. The molecule has 4 nitrogen and oxygen atoms in total. The molecule has 0 bridgehead atoms. The van der Waals surface area contributed by atoms with Crippen LogP contribution in [0.2, 0.25) is 0 Å². The lowest BCUT2D eigenvalue weighted by Gasteiger charge is -2.13. The van der Waals surface area contributed by atoms with Crippen molar-refractivity contribution >= 4 is 33.2 Å². The van der Waals surface area contributed by atoms with Crippen LogP contribution in [-0.2, 0) is 0 Å². The van der Waals surface area contributed by atoms with Gasteiger partial charge < -0.3 is 10.7 Å². The summed E-state index contributed by atoms with van der Waals surface area (Å²) in [4.78, 5) is 12.4. The third-order valence-electron chi connectivity index (χ3n) is 3.00. The fourth-order valence-electron chi connectivity index (χ4n) is 2.06. The number of carbonyl (C=O) groups is 1. The lowest BCUT2D eigenvalue weighted by Crippen LogP contribution is -2.17. The van der Waals surface area contributed by atoms with Crippen molar-refractivity contribution in [2.45, 2.75) is 13.8 Å². The van der Waals surface area contributed by atoms with Crippen molar-refractivity contribution in [3.63, 3.8) is 0 Å². The average Bonchev–Trinajstić information content (AvgIpc) is 2.42. The number of nitrogens with one attached hydrogen (secondary N) is 2. The molecule has 0 heterocycles. The van der Waals surface area contributed by atoms with E-state index in [1.165, 1.54) is 0 Å². The van der Waals surface area contributed by atoms with Crippen LogP contribution in [0.4, 0.5) is 11.4 Å². The third kappa shape index (κ3) is 3.00. The first-order chi connectivity index (χ1) is 9.52. The summed E-state index contributed by atoms with van der Waals surface area (Å²) in [6, 6.07) is 11.1. The fourth-order valence-corrected chi connectivity index (χ4v) is 2.83. The number of carbonyl (C=O) groups excluding carboxylic acids is 1. The summed E-state index contributed by atoms with van der Waals surface area (Å²) in [5.41, 5.74) is 6.53. The molecule has 0 spiro atoms. The van der Waals surface area contributed by atoms with E-state index in [1.807, 2.05) is 32.0 Å². The molecule has 0 saturated heterocycles. The van der Waals surface area contributed by atoms with Crippen LogP contribution in [0.5, 0.6) is 0 Å². The van der Waals surface area contributed by atoms with Crippen molar-refractivity contribution < 1.29 is 4.79 Å². The normalized spacial score (nSPS) is 10.2. The van der Waals surface area contributed by atoms with E-state index < -0.39 is 0 Å². The van der Waals surface area contributed by atoms with E-state index in [4.69, 9.17) is 5.84 Å². The van der Waals surface area contributed by atoms with Crippen LogP contribution in [-0.4, -0.2) is 5.91 Å². The Labute approximate surface area is 126 Å². The maximum absolute atomic E-state index is 12.4. The van der Waals surface area contributed by atoms with E-state index in [9.17, 15) is 4.79 Å². The molecule has 0 saturated carbocycles. The first-order valence-electron chi connectivity index (χ1n) is 6.16. The van der Waals surface area contributed by atoms with Gasteiger partial charge in [-0.25, -0.2) is 0 Å². The molecule has 5 heteroatoms. The SMILES string of the molecule is Cc1cc(C)c(NC(=O)c2ccccc2NN)c(Br)c1. The first kappa shape index (κ1) is 14.6. The molecular formula is C15H16BrN3O. The van der Waals surface area contributed by atoms with E-state index in [0.29, 0.717) is 11.3 Å². The molecule has 2 rings (SSSR count). The summed E-state index contributed by atoms with van der Waals surface area (Å²) in [6.45, 7) is 3.97. The second-order valence-corrected chi connectivity index (χ2v) is 5.44. The molecule has 0 unspecified atom stereocenters. The summed E-state index contributed by atoms with van der Waals surface area (Å²) in [5, 5.41) is 2.92. The molecule has 0 aliphatic carbocycles. The van der Waals surface area contributed by atoms with Crippen molar-refractivity contribution in [1.29, 1.82) is 0 Å². The highest BCUT2D eigenvalue weighted by molar-refractivity contribution is 9.10. The van der Waals surface area contributed by atoms with E-state index in [-0.39, 0.29) is 5.91 Å². The fraction of sp³-hybridized carbons (Fsp3) is 0.133. The summed E-state index contributed by atoms with van der Waals surface area (Å²) in [5.74, 6) is 5.22. The van der Waals surface area contributed by atoms with Gasteiger partial charge in [-0.1, -0.05) is 18.2 Å². The lowest BCUT2D eigenvalue weighted by atomic mass is 10.1. The molecule has 0 aliphatic heterocycles. The van der Waals surface area contributed by atoms with Gasteiger partial charge in [-0.15, -0.1) is 0 Å². The minimum atomic E-state index is -0.203. The summed E-state index contributed by atoms with van der Waals surface area (Å²) in [6.07, 6.45) is 0. The van der Waals surface area contributed by atoms with Gasteiger partial charge in [0.25, 0.3) is 5.91 Å². The molecule has 20 heavy (non-hydrogen) atoms. The second-order valence-electron chi connectivity index (χ2n) is 4.58. The number of hydrogen-bond acceptors (Lipinski definition) is 3. The molecular weight excluding hydrogens is 318 g/mol. The number of halogens is 1. The Morgan fingerprint density at radius 3 is 2.55 bits per heavy atom. The zero-order chi connectivity index (χ0) is 14.7. The number of hydrogen-bond donors (Lipinski definition) is 3. The van der Waals surface area contributed by atoms with Crippen molar-refractivity contribution in [1.82, 2.24) is 0 Å². The number of anilines is 2. The van der Waals surface area contributed by atoms with Gasteiger partial charge in [-0.2, -0.15) is 0 Å². The minimum Gasteiger partial charge on any atom is -0.323 e. The molecule has 0 atom stereocenters.